The summed E-state index contributed by atoms with van der Waals surface area (Å²) in [7, 11) is 0. The van der Waals surface area contributed by atoms with Crippen LogP contribution in [0.4, 0.5) is 0 Å². The fourth-order valence-electron chi connectivity index (χ4n) is 2.80. The van der Waals surface area contributed by atoms with Crippen molar-refractivity contribution < 1.29 is 19.2 Å². The molecule has 0 bridgehead atoms. The average Bonchev–Trinajstić information content (AvgIpc) is 2.57. The van der Waals surface area contributed by atoms with Crippen molar-refractivity contribution in [1.82, 2.24) is 16.0 Å². The first-order valence-corrected chi connectivity index (χ1v) is 8.51. The summed E-state index contributed by atoms with van der Waals surface area (Å²) in [5, 5.41) is 7.72. The lowest BCUT2D eigenvalue weighted by molar-refractivity contribution is -0.138. The van der Waals surface area contributed by atoms with Gasteiger partial charge in [-0.25, -0.2) is 0 Å². The van der Waals surface area contributed by atoms with E-state index in [1.807, 2.05) is 30.3 Å². The number of nitrogens with one attached hydrogen (secondary N) is 3. The maximum atomic E-state index is 12.2. The molecule has 0 unspecified atom stereocenters. The van der Waals surface area contributed by atoms with E-state index in [-0.39, 0.29) is 18.2 Å². The Morgan fingerprint density at radius 2 is 1.65 bits per heavy atom. The molecule has 0 aromatic heterocycles. The van der Waals surface area contributed by atoms with Crippen molar-refractivity contribution in [3.63, 3.8) is 0 Å². The van der Waals surface area contributed by atoms with Crippen LogP contribution in [-0.4, -0.2) is 41.8 Å². The molecule has 0 aliphatic carbocycles. The summed E-state index contributed by atoms with van der Waals surface area (Å²) in [6, 6.07) is 6.84. The number of carbonyl (C=O) groups excluding carboxylic acids is 4. The first kappa shape index (κ1) is 19.4. The van der Waals surface area contributed by atoms with Crippen molar-refractivity contribution in [2.24, 2.45) is 11.7 Å². The molecule has 0 saturated carbocycles. The second-order valence-corrected chi connectivity index (χ2v) is 6.71. The Morgan fingerprint density at radius 1 is 1.08 bits per heavy atom. The van der Waals surface area contributed by atoms with E-state index in [1.165, 1.54) is 0 Å². The molecular weight excluding hydrogens is 336 g/mol. The molecule has 1 fully saturated rings. The number of rotatable bonds is 7. The van der Waals surface area contributed by atoms with Gasteiger partial charge in [-0.1, -0.05) is 44.2 Å². The van der Waals surface area contributed by atoms with Crippen molar-refractivity contribution >= 4 is 23.6 Å². The highest BCUT2D eigenvalue weighted by atomic mass is 16.2. The van der Waals surface area contributed by atoms with E-state index in [9.17, 15) is 19.2 Å². The Morgan fingerprint density at radius 3 is 2.23 bits per heavy atom. The van der Waals surface area contributed by atoms with Gasteiger partial charge in [-0.2, -0.15) is 0 Å². The zero-order valence-electron chi connectivity index (χ0n) is 14.8. The zero-order chi connectivity index (χ0) is 19.3. The number of carbonyl (C=O) groups is 4. The van der Waals surface area contributed by atoms with Crippen LogP contribution in [-0.2, 0) is 25.6 Å². The Labute approximate surface area is 151 Å². The number of amides is 4. The molecule has 1 aliphatic heterocycles. The Hall–Kier alpha value is -2.90. The number of piperazine rings is 1. The van der Waals surface area contributed by atoms with E-state index in [0.29, 0.717) is 6.42 Å². The highest BCUT2D eigenvalue weighted by Crippen LogP contribution is 2.09. The van der Waals surface area contributed by atoms with Gasteiger partial charge in [-0.05, 0) is 11.5 Å². The predicted octanol–water partition coefficient (Wildman–Crippen LogP) is -0.771. The standard InChI is InChI=1S/C18H24N4O4/c1-10(2)15(16(19)24)22-14(23)9-13-18(26)20-12(17(25)21-13)8-11-6-4-3-5-7-11/h3-7,10,12-13,15H,8-9H2,1-2H3,(H2,19,24)(H,20,26)(H,21,25)(H,22,23)/t12-,13-,15+/m0/s1. The van der Waals surface area contributed by atoms with Crippen LogP contribution in [0.3, 0.4) is 0 Å². The van der Waals surface area contributed by atoms with E-state index in [1.54, 1.807) is 13.8 Å². The Balaban J connectivity index is 1.92. The maximum Gasteiger partial charge on any atom is 0.243 e. The van der Waals surface area contributed by atoms with Gasteiger partial charge >= 0.3 is 0 Å². The minimum Gasteiger partial charge on any atom is -0.368 e. The lowest BCUT2D eigenvalue weighted by Crippen LogP contribution is -2.63. The molecule has 0 spiro atoms. The molecule has 1 aliphatic rings. The summed E-state index contributed by atoms with van der Waals surface area (Å²) in [5.41, 5.74) is 6.18. The number of hydrogen-bond donors (Lipinski definition) is 4. The maximum absolute atomic E-state index is 12.2. The van der Waals surface area contributed by atoms with E-state index >= 15 is 0 Å². The highest BCUT2D eigenvalue weighted by Gasteiger charge is 2.35. The second-order valence-electron chi connectivity index (χ2n) is 6.71. The van der Waals surface area contributed by atoms with Gasteiger partial charge in [0, 0.05) is 6.42 Å². The summed E-state index contributed by atoms with van der Waals surface area (Å²) in [6.45, 7) is 3.50. The van der Waals surface area contributed by atoms with E-state index in [0.717, 1.165) is 5.56 Å². The van der Waals surface area contributed by atoms with Gasteiger partial charge < -0.3 is 21.7 Å². The third-order valence-electron chi connectivity index (χ3n) is 4.23. The zero-order valence-corrected chi connectivity index (χ0v) is 14.8. The summed E-state index contributed by atoms with van der Waals surface area (Å²) >= 11 is 0. The topological polar surface area (TPSA) is 130 Å². The molecule has 8 heteroatoms. The lowest BCUT2D eigenvalue weighted by atomic mass is 10.00. The summed E-state index contributed by atoms with van der Waals surface area (Å²) < 4.78 is 0. The fraction of sp³-hybridized carbons (Fsp3) is 0.444. The number of benzene rings is 1. The SMILES string of the molecule is CC(C)[C@@H](NC(=O)C[C@@H]1NC(=O)[C@H](Cc2ccccc2)NC1=O)C(N)=O. The van der Waals surface area contributed by atoms with Gasteiger partial charge in [0.05, 0.1) is 6.42 Å². The minimum absolute atomic E-state index is 0.179. The summed E-state index contributed by atoms with van der Waals surface area (Å²) in [5.74, 6) is -2.12. The van der Waals surface area contributed by atoms with Crippen molar-refractivity contribution in [2.45, 2.75) is 44.8 Å². The second kappa shape index (κ2) is 8.46. The summed E-state index contributed by atoms with van der Waals surface area (Å²) in [6.07, 6.45) is 0.112. The van der Waals surface area contributed by atoms with Crippen LogP contribution in [0.25, 0.3) is 0 Å². The third kappa shape index (κ3) is 5.05. The predicted molar refractivity (Wildman–Crippen MR) is 94.6 cm³/mol. The van der Waals surface area contributed by atoms with Crippen LogP contribution in [0.1, 0.15) is 25.8 Å². The van der Waals surface area contributed by atoms with Crippen molar-refractivity contribution in [2.75, 3.05) is 0 Å². The highest BCUT2D eigenvalue weighted by molar-refractivity contribution is 5.99. The van der Waals surface area contributed by atoms with Gasteiger partial charge in [0.2, 0.25) is 23.6 Å². The third-order valence-corrected chi connectivity index (χ3v) is 4.23. The molecule has 5 N–H and O–H groups in total. The van der Waals surface area contributed by atoms with E-state index in [4.69, 9.17) is 5.73 Å². The Bertz CT molecular complexity index is 690. The van der Waals surface area contributed by atoms with E-state index < -0.39 is 35.8 Å². The molecule has 8 nitrogen and oxygen atoms in total. The van der Waals surface area contributed by atoms with Gasteiger partial charge in [0.1, 0.15) is 18.1 Å². The van der Waals surface area contributed by atoms with E-state index in [2.05, 4.69) is 16.0 Å². The van der Waals surface area contributed by atoms with Gasteiger partial charge in [0.25, 0.3) is 0 Å². The molecule has 2 rings (SSSR count). The van der Waals surface area contributed by atoms with Gasteiger partial charge in [0.15, 0.2) is 0 Å². The monoisotopic (exact) mass is 360 g/mol. The minimum atomic E-state index is -0.977. The molecule has 1 saturated heterocycles. The van der Waals surface area contributed by atoms with Gasteiger partial charge in [-0.15, -0.1) is 0 Å². The van der Waals surface area contributed by atoms with Crippen molar-refractivity contribution in [1.29, 1.82) is 0 Å². The number of nitrogens with two attached hydrogens (primary N) is 1. The fourth-order valence-corrected chi connectivity index (χ4v) is 2.80. The quantitative estimate of drug-likeness (QED) is 0.508. The smallest absolute Gasteiger partial charge is 0.243 e. The van der Waals surface area contributed by atoms with Crippen LogP contribution in [0.15, 0.2) is 30.3 Å². The molecule has 1 aromatic carbocycles. The number of primary amides is 1. The molecule has 26 heavy (non-hydrogen) atoms. The first-order chi connectivity index (χ1) is 12.3. The van der Waals surface area contributed by atoms with Crippen LogP contribution in [0.5, 0.6) is 0 Å². The van der Waals surface area contributed by atoms with Crippen LogP contribution < -0.4 is 21.7 Å². The van der Waals surface area contributed by atoms with Crippen LogP contribution in [0, 0.1) is 5.92 Å². The largest absolute Gasteiger partial charge is 0.368 e. The summed E-state index contributed by atoms with van der Waals surface area (Å²) in [4.78, 5) is 47.9. The van der Waals surface area contributed by atoms with Crippen LogP contribution >= 0.6 is 0 Å². The van der Waals surface area contributed by atoms with Gasteiger partial charge in [-0.3, -0.25) is 19.2 Å². The molecule has 0 radical (unpaired) electrons. The normalized spacial score (nSPS) is 20.9. The Kier molecular flexibility index (Phi) is 6.32. The first-order valence-electron chi connectivity index (χ1n) is 8.51. The molecule has 3 atom stereocenters. The van der Waals surface area contributed by atoms with Crippen LogP contribution in [0.2, 0.25) is 0 Å². The molecule has 4 amide bonds. The molecule has 140 valence electrons. The molecule has 1 aromatic rings. The lowest BCUT2D eigenvalue weighted by Gasteiger charge is -2.30. The van der Waals surface area contributed by atoms with Crippen molar-refractivity contribution in [3.05, 3.63) is 35.9 Å². The molecule has 1 heterocycles. The number of hydrogen-bond acceptors (Lipinski definition) is 4. The van der Waals surface area contributed by atoms with Crippen molar-refractivity contribution in [3.8, 4) is 0 Å². The average molecular weight is 360 g/mol. The molecular formula is C18H24N4O4.